The van der Waals surface area contributed by atoms with Crippen molar-refractivity contribution in [2.75, 3.05) is 36.1 Å². The Hall–Kier alpha value is -4.83. The van der Waals surface area contributed by atoms with Gasteiger partial charge in [-0.2, -0.15) is 13.2 Å². The summed E-state index contributed by atoms with van der Waals surface area (Å²) in [6.45, 7) is 4.19. The maximum atomic E-state index is 15.8. The van der Waals surface area contributed by atoms with Crippen LogP contribution >= 0.6 is 11.3 Å². The predicted octanol–water partition coefficient (Wildman–Crippen LogP) is 4.64. The van der Waals surface area contributed by atoms with Crippen molar-refractivity contribution in [3.05, 3.63) is 82.6 Å². The molecule has 2 amide bonds. The van der Waals surface area contributed by atoms with Crippen LogP contribution in [0.15, 0.2) is 54.3 Å². The highest BCUT2D eigenvalue weighted by atomic mass is 32.1. The lowest BCUT2D eigenvalue weighted by molar-refractivity contribution is -0.202. The molecule has 4 aliphatic rings. The van der Waals surface area contributed by atoms with Crippen molar-refractivity contribution in [2.45, 2.75) is 44.6 Å². The van der Waals surface area contributed by atoms with Gasteiger partial charge in [-0.25, -0.2) is 19.2 Å². The third-order valence-electron chi connectivity index (χ3n) is 9.76. The first-order chi connectivity index (χ1) is 23.5. The van der Waals surface area contributed by atoms with Crippen molar-refractivity contribution in [3.63, 3.8) is 0 Å². The van der Waals surface area contributed by atoms with Gasteiger partial charge in [0.2, 0.25) is 5.13 Å². The lowest BCUT2D eigenvalue weighted by Crippen LogP contribution is -2.57. The van der Waals surface area contributed by atoms with E-state index < -0.39 is 35.8 Å². The zero-order valence-electron chi connectivity index (χ0n) is 25.9. The van der Waals surface area contributed by atoms with E-state index >= 15 is 4.39 Å². The van der Waals surface area contributed by atoms with Crippen LogP contribution in [0.5, 0.6) is 0 Å². The van der Waals surface area contributed by atoms with Gasteiger partial charge < -0.3 is 24.5 Å². The van der Waals surface area contributed by atoms with Crippen LogP contribution in [0, 0.1) is 11.2 Å². The molecular weight excluding hydrogens is 666 g/mol. The van der Waals surface area contributed by atoms with Crippen molar-refractivity contribution in [3.8, 4) is 11.1 Å². The number of halogens is 4. The van der Waals surface area contributed by atoms with Crippen LogP contribution in [0.4, 0.5) is 28.4 Å². The number of hydrogen-bond acceptors (Lipinski definition) is 9. The molecule has 4 aliphatic heterocycles. The van der Waals surface area contributed by atoms with Crippen LogP contribution in [-0.4, -0.2) is 69.6 Å². The minimum Gasteiger partial charge on any atom is -0.370 e. The Morgan fingerprint density at radius 3 is 2.59 bits per heavy atom. The van der Waals surface area contributed by atoms with Gasteiger partial charge in [-0.1, -0.05) is 12.1 Å². The van der Waals surface area contributed by atoms with Crippen LogP contribution in [0.25, 0.3) is 11.1 Å². The van der Waals surface area contributed by atoms with E-state index in [-0.39, 0.29) is 33.6 Å². The number of hydrogen-bond donors (Lipinski definition) is 1. The zero-order valence-corrected chi connectivity index (χ0v) is 26.7. The monoisotopic (exact) mass is 695 g/mol. The lowest BCUT2D eigenvalue weighted by Gasteiger charge is -2.49. The molecule has 4 aromatic rings. The van der Waals surface area contributed by atoms with E-state index in [1.807, 2.05) is 24.3 Å². The molecule has 0 saturated carbocycles. The summed E-state index contributed by atoms with van der Waals surface area (Å²) >= 11 is 0.752. The van der Waals surface area contributed by atoms with E-state index in [0.717, 1.165) is 54.5 Å². The van der Waals surface area contributed by atoms with Crippen molar-refractivity contribution in [1.29, 1.82) is 0 Å². The Morgan fingerprint density at radius 2 is 1.90 bits per heavy atom. The van der Waals surface area contributed by atoms with Gasteiger partial charge in [0.1, 0.15) is 5.82 Å². The minimum atomic E-state index is -5.43. The van der Waals surface area contributed by atoms with Gasteiger partial charge >= 0.3 is 12.1 Å². The maximum absolute atomic E-state index is 15.8. The first-order valence-corrected chi connectivity index (χ1v) is 16.7. The molecule has 2 saturated heterocycles. The molecule has 2 fully saturated rings. The molecular formula is C33H29F4N7O4S. The molecule has 16 heteroatoms. The van der Waals surface area contributed by atoms with E-state index in [4.69, 9.17) is 0 Å². The zero-order chi connectivity index (χ0) is 34.1. The number of rotatable bonds is 6. The van der Waals surface area contributed by atoms with Crippen LogP contribution in [0.1, 0.15) is 46.2 Å². The molecule has 49 heavy (non-hydrogen) atoms. The highest BCUT2D eigenvalue weighted by Gasteiger charge is 2.49. The highest BCUT2D eigenvalue weighted by molar-refractivity contribution is 7.13. The normalized spacial score (nSPS) is 18.4. The third-order valence-corrected chi connectivity index (χ3v) is 10.5. The molecule has 0 radical (unpaired) electrons. The average Bonchev–Trinajstić information content (AvgIpc) is 3.90. The van der Waals surface area contributed by atoms with Gasteiger partial charge in [-0.3, -0.25) is 9.59 Å². The van der Waals surface area contributed by atoms with Gasteiger partial charge in [0.15, 0.2) is 6.04 Å². The molecule has 1 atom stereocenters. The number of alkyl halides is 3. The predicted molar refractivity (Wildman–Crippen MR) is 169 cm³/mol. The van der Waals surface area contributed by atoms with Crippen LogP contribution in [0.3, 0.4) is 0 Å². The van der Waals surface area contributed by atoms with E-state index in [0.29, 0.717) is 41.6 Å². The van der Waals surface area contributed by atoms with Gasteiger partial charge in [0, 0.05) is 65.7 Å². The quantitative estimate of drug-likeness (QED) is 0.230. The van der Waals surface area contributed by atoms with E-state index in [9.17, 15) is 27.6 Å². The molecule has 6 heterocycles. The molecule has 0 bridgehead atoms. The van der Waals surface area contributed by atoms with Crippen molar-refractivity contribution < 1.29 is 36.8 Å². The summed E-state index contributed by atoms with van der Waals surface area (Å²) in [5, 5.41) is 4.59. The SMILES string of the molecule is O=C(C(c1ncn2c1CCC2)N1Cc2c(F)cc(-c3ccc(N4CC5(CCNC5)C4)cc3)cc2C1=O)N(OC(=O)C(F)(F)F)c1nccs1. The second-order valence-corrected chi connectivity index (χ2v) is 13.7. The number of anilines is 2. The molecule has 2 aromatic carbocycles. The summed E-state index contributed by atoms with van der Waals surface area (Å²) in [5.74, 6) is -5.25. The number of imidazole rings is 1. The van der Waals surface area contributed by atoms with Gasteiger partial charge in [0.05, 0.1) is 18.6 Å². The van der Waals surface area contributed by atoms with E-state index in [2.05, 4.69) is 25.0 Å². The summed E-state index contributed by atoms with van der Waals surface area (Å²) in [4.78, 5) is 56.5. The first-order valence-electron chi connectivity index (χ1n) is 15.8. The second-order valence-electron chi connectivity index (χ2n) is 12.8. The van der Waals surface area contributed by atoms with E-state index in [1.165, 1.54) is 24.0 Å². The Morgan fingerprint density at radius 1 is 1.10 bits per heavy atom. The number of benzene rings is 2. The second kappa shape index (κ2) is 11.7. The number of hydroxylamine groups is 1. The van der Waals surface area contributed by atoms with Crippen LogP contribution in [0.2, 0.25) is 0 Å². The lowest BCUT2D eigenvalue weighted by atomic mass is 9.79. The Balaban J connectivity index is 1.11. The highest BCUT2D eigenvalue weighted by Crippen LogP contribution is 2.41. The summed E-state index contributed by atoms with van der Waals surface area (Å²) in [7, 11) is 0. The smallest absolute Gasteiger partial charge is 0.370 e. The minimum absolute atomic E-state index is 0.0132. The largest absolute Gasteiger partial charge is 0.493 e. The molecule has 11 nitrogen and oxygen atoms in total. The molecule has 1 unspecified atom stereocenters. The summed E-state index contributed by atoms with van der Waals surface area (Å²) < 4.78 is 57.6. The molecule has 0 aliphatic carbocycles. The number of carbonyl (C=O) groups is 3. The Bertz CT molecular complexity index is 1950. The van der Waals surface area contributed by atoms with Gasteiger partial charge in [-0.05, 0) is 61.2 Å². The number of aryl methyl sites for hydroxylation is 1. The van der Waals surface area contributed by atoms with Crippen LogP contribution < -0.4 is 15.3 Å². The van der Waals surface area contributed by atoms with Gasteiger partial charge in [-0.15, -0.1) is 16.4 Å². The van der Waals surface area contributed by atoms with Crippen LogP contribution in [-0.2, 0) is 33.9 Å². The molecule has 8 rings (SSSR count). The molecule has 2 aromatic heterocycles. The Labute approximate surface area is 281 Å². The first kappa shape index (κ1) is 31.4. The Kier molecular flexibility index (Phi) is 7.48. The molecule has 1 spiro atoms. The van der Waals surface area contributed by atoms with Crippen molar-refractivity contribution in [2.24, 2.45) is 5.41 Å². The number of amides is 2. The average molecular weight is 696 g/mol. The van der Waals surface area contributed by atoms with Gasteiger partial charge in [0.25, 0.3) is 11.8 Å². The van der Waals surface area contributed by atoms with Crippen molar-refractivity contribution in [1.82, 2.24) is 24.8 Å². The fourth-order valence-electron chi connectivity index (χ4n) is 7.31. The standard InChI is InChI=1S/C33H29F4N7O4S/c34-24-13-20(19-3-5-21(6-4-19)42-16-32(17-42)7-8-38-15-32)12-22-23(24)14-43(28(22)45)27(26-25-2-1-10-41(25)18-40-26)29(46)44(31-39-9-11-49-31)48-30(47)33(35,36)37/h3-6,9,11-13,18,27,38H,1-2,7-8,10,14-17H2. The number of thiazole rings is 1. The van der Waals surface area contributed by atoms with Crippen molar-refractivity contribution >= 4 is 39.9 Å². The summed E-state index contributed by atoms with van der Waals surface area (Å²) in [5.41, 5.74) is 3.25. The summed E-state index contributed by atoms with van der Waals surface area (Å²) in [6, 6.07) is 8.89. The summed E-state index contributed by atoms with van der Waals surface area (Å²) in [6.07, 6.45) is -0.378. The maximum Gasteiger partial charge on any atom is 0.493 e. The van der Waals surface area contributed by atoms with E-state index in [1.54, 1.807) is 10.6 Å². The number of fused-ring (bicyclic) bond motifs is 2. The fraction of sp³-hybridized carbons (Fsp3) is 0.364. The number of nitrogens with one attached hydrogen (secondary N) is 1. The molecule has 1 N–H and O–H groups in total. The fourth-order valence-corrected chi connectivity index (χ4v) is 7.90. The number of carbonyl (C=O) groups excluding carboxylic acids is 3. The number of aromatic nitrogens is 3. The molecule has 254 valence electrons. The third kappa shape index (κ3) is 5.42. The number of nitrogens with zero attached hydrogens (tertiary/aromatic N) is 6. The topological polar surface area (TPSA) is 113 Å².